The van der Waals surface area contributed by atoms with Crippen LogP contribution in [-0.4, -0.2) is 25.2 Å². The molecular weight excluding hydrogens is 282 g/mol. The lowest BCUT2D eigenvalue weighted by atomic mass is 10.0. The van der Waals surface area contributed by atoms with E-state index in [0.717, 1.165) is 6.07 Å². The Morgan fingerprint density at radius 3 is 2.62 bits per heavy atom. The van der Waals surface area contributed by atoms with Crippen molar-refractivity contribution >= 4 is 5.91 Å². The minimum atomic E-state index is -3.03. The highest BCUT2D eigenvalue weighted by Gasteiger charge is 2.25. The summed E-state index contributed by atoms with van der Waals surface area (Å²) >= 11 is 0. The molecule has 21 heavy (non-hydrogen) atoms. The number of methoxy groups -OCH3 is 1. The van der Waals surface area contributed by atoms with Crippen LogP contribution in [0.1, 0.15) is 30.6 Å². The van der Waals surface area contributed by atoms with Crippen LogP contribution in [0, 0.1) is 11.3 Å². The van der Waals surface area contributed by atoms with Crippen molar-refractivity contribution < 1.29 is 23.0 Å². The molecule has 0 unspecified atom stereocenters. The van der Waals surface area contributed by atoms with Gasteiger partial charge in [-0.2, -0.15) is 14.0 Å². The first-order valence-corrected chi connectivity index (χ1v) is 6.22. The fraction of sp³-hybridized carbons (Fsp3) is 0.429. The van der Waals surface area contributed by atoms with Gasteiger partial charge in [-0.25, -0.2) is 0 Å². The van der Waals surface area contributed by atoms with Crippen LogP contribution in [0.2, 0.25) is 0 Å². The second kappa shape index (κ2) is 6.88. The third-order valence-electron chi connectivity index (χ3n) is 2.99. The van der Waals surface area contributed by atoms with E-state index in [-0.39, 0.29) is 17.1 Å². The largest absolute Gasteiger partial charge is 0.493 e. The van der Waals surface area contributed by atoms with Gasteiger partial charge in [0.25, 0.3) is 5.91 Å². The molecule has 1 atom stereocenters. The smallest absolute Gasteiger partial charge is 0.387 e. The highest BCUT2D eigenvalue weighted by Crippen LogP contribution is 2.29. The predicted octanol–water partition coefficient (Wildman–Crippen LogP) is 2.72. The van der Waals surface area contributed by atoms with Crippen molar-refractivity contribution in [2.24, 2.45) is 0 Å². The number of hydrogen-bond acceptors (Lipinski definition) is 4. The minimum absolute atomic E-state index is 0.0883. The van der Waals surface area contributed by atoms with Crippen LogP contribution in [0.4, 0.5) is 8.78 Å². The summed E-state index contributed by atoms with van der Waals surface area (Å²) in [6, 6.07) is 5.89. The maximum Gasteiger partial charge on any atom is 0.387 e. The molecule has 1 aromatic rings. The Kier molecular flexibility index (Phi) is 5.47. The van der Waals surface area contributed by atoms with E-state index >= 15 is 0 Å². The quantitative estimate of drug-likeness (QED) is 0.876. The molecule has 0 aliphatic heterocycles. The number of carbonyl (C=O) groups excluding carboxylic acids is 1. The number of halogens is 2. The Morgan fingerprint density at radius 1 is 1.48 bits per heavy atom. The Bertz CT molecular complexity index is 558. The van der Waals surface area contributed by atoms with Crippen LogP contribution in [-0.2, 0) is 0 Å². The molecule has 0 aliphatic rings. The summed E-state index contributed by atoms with van der Waals surface area (Å²) in [5.74, 6) is -0.705. The van der Waals surface area contributed by atoms with E-state index in [4.69, 9.17) is 10.00 Å². The van der Waals surface area contributed by atoms with Gasteiger partial charge < -0.3 is 14.8 Å². The predicted molar refractivity (Wildman–Crippen MR) is 71.4 cm³/mol. The van der Waals surface area contributed by atoms with Crippen LogP contribution < -0.4 is 14.8 Å². The Balaban J connectivity index is 3.03. The lowest BCUT2D eigenvalue weighted by Crippen LogP contribution is -2.44. The maximum atomic E-state index is 12.3. The summed E-state index contributed by atoms with van der Waals surface area (Å²) in [6.45, 7) is 0.297. The molecule has 5 nitrogen and oxygen atoms in total. The van der Waals surface area contributed by atoms with Crippen molar-refractivity contribution in [2.45, 2.75) is 32.4 Å². The number of nitrogens with one attached hydrogen (secondary N) is 1. The molecule has 7 heteroatoms. The van der Waals surface area contributed by atoms with Crippen LogP contribution in [0.15, 0.2) is 18.2 Å². The van der Waals surface area contributed by atoms with Crippen molar-refractivity contribution in [3.63, 3.8) is 0 Å². The fourth-order valence-corrected chi connectivity index (χ4v) is 1.52. The number of amides is 1. The Hall–Kier alpha value is -2.36. The normalized spacial score (nSPS) is 13.2. The molecule has 0 saturated heterocycles. The molecule has 0 fully saturated rings. The molecule has 114 valence electrons. The summed E-state index contributed by atoms with van der Waals surface area (Å²) in [4.78, 5) is 12.1. The summed E-state index contributed by atoms with van der Waals surface area (Å²) in [5, 5.41) is 11.6. The monoisotopic (exact) mass is 298 g/mol. The lowest BCUT2D eigenvalue weighted by molar-refractivity contribution is -0.0512. The molecule has 0 spiro atoms. The van der Waals surface area contributed by atoms with E-state index < -0.39 is 18.1 Å². The minimum Gasteiger partial charge on any atom is -0.493 e. The second-order valence-electron chi connectivity index (χ2n) is 4.50. The van der Waals surface area contributed by atoms with Gasteiger partial charge in [0, 0.05) is 5.56 Å². The molecule has 0 saturated carbocycles. The Labute approximate surface area is 121 Å². The van der Waals surface area contributed by atoms with E-state index in [2.05, 4.69) is 10.1 Å². The molecule has 1 amide bonds. The highest BCUT2D eigenvalue weighted by molar-refractivity contribution is 5.95. The molecule has 0 aliphatic carbocycles. The van der Waals surface area contributed by atoms with Crippen molar-refractivity contribution in [1.82, 2.24) is 5.32 Å². The standard InChI is InChI=1S/C14H16F2N2O3/c1-4-14(2,8-17)18-12(19)9-5-6-10(20-3)11(7-9)21-13(15)16/h5-7,13H,4H2,1-3H3,(H,18,19)/t14-/m0/s1. The summed E-state index contributed by atoms with van der Waals surface area (Å²) in [6.07, 6.45) is 0.409. The zero-order valence-corrected chi connectivity index (χ0v) is 11.9. The maximum absolute atomic E-state index is 12.3. The summed E-state index contributed by atoms with van der Waals surface area (Å²) in [7, 11) is 1.30. The van der Waals surface area contributed by atoms with Crippen molar-refractivity contribution in [3.05, 3.63) is 23.8 Å². The number of nitrogens with zero attached hydrogens (tertiary/aromatic N) is 1. The first-order valence-electron chi connectivity index (χ1n) is 6.22. The third-order valence-corrected chi connectivity index (χ3v) is 2.99. The number of alkyl halides is 2. The van der Waals surface area contributed by atoms with Gasteiger partial charge in [0.2, 0.25) is 0 Å². The zero-order valence-electron chi connectivity index (χ0n) is 11.9. The first kappa shape index (κ1) is 16.7. The van der Waals surface area contributed by atoms with Gasteiger partial charge in [0.15, 0.2) is 11.5 Å². The molecule has 0 bridgehead atoms. The van der Waals surface area contributed by atoms with Crippen LogP contribution >= 0.6 is 0 Å². The van der Waals surface area contributed by atoms with Gasteiger partial charge in [0.1, 0.15) is 5.54 Å². The van der Waals surface area contributed by atoms with Gasteiger partial charge in [-0.3, -0.25) is 4.79 Å². The number of ether oxygens (including phenoxy) is 2. The average molecular weight is 298 g/mol. The van der Waals surface area contributed by atoms with Gasteiger partial charge in [-0.1, -0.05) is 6.92 Å². The summed E-state index contributed by atoms with van der Waals surface area (Å²) < 4.78 is 33.8. The zero-order chi connectivity index (χ0) is 16.0. The molecule has 0 heterocycles. The first-order chi connectivity index (χ1) is 9.85. The fourth-order valence-electron chi connectivity index (χ4n) is 1.52. The SMILES string of the molecule is CC[C@@](C)(C#N)NC(=O)c1ccc(OC)c(OC(F)F)c1. The van der Waals surface area contributed by atoms with E-state index in [1.165, 1.54) is 19.2 Å². The molecular formula is C14H16F2N2O3. The van der Waals surface area contributed by atoms with Crippen LogP contribution in [0.25, 0.3) is 0 Å². The topological polar surface area (TPSA) is 71.4 Å². The Morgan fingerprint density at radius 2 is 2.14 bits per heavy atom. The van der Waals surface area contributed by atoms with Gasteiger partial charge in [-0.15, -0.1) is 0 Å². The number of nitriles is 1. The van der Waals surface area contributed by atoms with Crippen molar-refractivity contribution in [1.29, 1.82) is 5.26 Å². The lowest BCUT2D eigenvalue weighted by Gasteiger charge is -2.21. The third kappa shape index (κ3) is 4.31. The van der Waals surface area contributed by atoms with Gasteiger partial charge >= 0.3 is 6.61 Å². The van der Waals surface area contributed by atoms with Crippen LogP contribution in [0.3, 0.4) is 0 Å². The molecule has 0 aromatic heterocycles. The van der Waals surface area contributed by atoms with E-state index in [9.17, 15) is 13.6 Å². The van der Waals surface area contributed by atoms with Gasteiger partial charge in [0.05, 0.1) is 13.2 Å². The molecule has 1 aromatic carbocycles. The summed E-state index contributed by atoms with van der Waals surface area (Å²) in [5.41, 5.74) is -0.929. The van der Waals surface area contributed by atoms with Crippen molar-refractivity contribution in [2.75, 3.05) is 7.11 Å². The van der Waals surface area contributed by atoms with Crippen LogP contribution in [0.5, 0.6) is 11.5 Å². The van der Waals surface area contributed by atoms with Gasteiger partial charge in [-0.05, 0) is 31.5 Å². The number of rotatable bonds is 6. The highest BCUT2D eigenvalue weighted by atomic mass is 19.3. The molecule has 0 radical (unpaired) electrons. The average Bonchev–Trinajstić information content (AvgIpc) is 2.46. The number of carbonyl (C=O) groups is 1. The molecule has 1 N–H and O–H groups in total. The molecule has 1 rings (SSSR count). The van der Waals surface area contributed by atoms with E-state index in [1.807, 2.05) is 6.07 Å². The number of hydrogen-bond donors (Lipinski definition) is 1. The van der Waals surface area contributed by atoms with E-state index in [1.54, 1.807) is 13.8 Å². The van der Waals surface area contributed by atoms with Crippen molar-refractivity contribution in [3.8, 4) is 17.6 Å². The van der Waals surface area contributed by atoms with E-state index in [0.29, 0.717) is 6.42 Å². The number of benzene rings is 1. The second-order valence-corrected chi connectivity index (χ2v) is 4.50.